The van der Waals surface area contributed by atoms with Crippen molar-refractivity contribution >= 4 is 18.7 Å². The zero-order valence-corrected chi connectivity index (χ0v) is 21.1. The highest BCUT2D eigenvalue weighted by atomic mass is 28.4. The van der Waals surface area contributed by atoms with Gasteiger partial charge in [-0.15, -0.1) is 0 Å². The Labute approximate surface area is 199 Å². The lowest BCUT2D eigenvalue weighted by Gasteiger charge is -2.43. The molecule has 0 spiro atoms. The van der Waals surface area contributed by atoms with Crippen molar-refractivity contribution in [2.24, 2.45) is 5.92 Å². The van der Waals surface area contributed by atoms with E-state index < -0.39 is 14.4 Å². The molecule has 0 saturated carbocycles. The fourth-order valence-corrected chi connectivity index (χ4v) is 9.81. The molecule has 0 amide bonds. The van der Waals surface area contributed by atoms with Gasteiger partial charge in [-0.2, -0.15) is 0 Å². The van der Waals surface area contributed by atoms with Crippen LogP contribution in [0.5, 0.6) is 0 Å². The van der Waals surface area contributed by atoms with Crippen LogP contribution in [-0.2, 0) is 9.16 Å². The van der Waals surface area contributed by atoms with Crippen LogP contribution in [0.1, 0.15) is 45.8 Å². The first-order valence-corrected chi connectivity index (χ1v) is 13.9. The van der Waals surface area contributed by atoms with Crippen LogP contribution in [0.25, 0.3) is 0 Å². The molecule has 0 unspecified atom stereocenters. The van der Waals surface area contributed by atoms with Gasteiger partial charge < -0.3 is 14.3 Å². The van der Waals surface area contributed by atoms with E-state index in [1.807, 2.05) is 30.3 Å². The lowest BCUT2D eigenvalue weighted by molar-refractivity contribution is 0.00155. The van der Waals surface area contributed by atoms with Gasteiger partial charge in [0.15, 0.2) is 0 Å². The number of hydrogen-bond acceptors (Lipinski definition) is 3. The molecule has 1 saturated heterocycles. The smallest absolute Gasteiger partial charge is 0.261 e. The average molecular weight is 461 g/mol. The zero-order chi connectivity index (χ0) is 23.5. The zero-order valence-electron chi connectivity index (χ0n) is 20.1. The van der Waals surface area contributed by atoms with Crippen molar-refractivity contribution in [2.75, 3.05) is 6.61 Å². The second-order valence-electron chi connectivity index (χ2n) is 10.2. The van der Waals surface area contributed by atoms with E-state index in [4.69, 9.17) is 9.16 Å². The number of aliphatic hydroxyl groups excluding tert-OH is 1. The molecule has 1 heterocycles. The van der Waals surface area contributed by atoms with Gasteiger partial charge in [-0.25, -0.2) is 0 Å². The van der Waals surface area contributed by atoms with Crippen LogP contribution in [-0.4, -0.2) is 32.2 Å². The van der Waals surface area contributed by atoms with Crippen LogP contribution >= 0.6 is 0 Å². The van der Waals surface area contributed by atoms with Gasteiger partial charge in [-0.1, -0.05) is 119 Å². The van der Waals surface area contributed by atoms with Crippen molar-refractivity contribution in [3.8, 4) is 0 Å². The summed E-state index contributed by atoms with van der Waals surface area (Å²) < 4.78 is 13.4. The van der Waals surface area contributed by atoms with Crippen LogP contribution in [0.3, 0.4) is 0 Å². The summed E-state index contributed by atoms with van der Waals surface area (Å²) in [5.74, 6) is 0.0537. The van der Waals surface area contributed by atoms with Crippen molar-refractivity contribution in [1.29, 1.82) is 0 Å². The highest BCUT2D eigenvalue weighted by Gasteiger charge is 2.50. The summed E-state index contributed by atoms with van der Waals surface area (Å²) in [6.07, 6.45) is -0.0701. The molecule has 0 bridgehead atoms. The van der Waals surface area contributed by atoms with Crippen molar-refractivity contribution in [2.45, 2.75) is 57.5 Å². The molecule has 4 heteroatoms. The SMILES string of the molecule is C[C@@H]1[C@@H](O)[C@H](c2ccccc2)O[C@H]1CCO[Si](c1ccccc1)(c1ccccc1)C(C)(C)C. The summed E-state index contributed by atoms with van der Waals surface area (Å²) in [6.45, 7) is 9.56. The Morgan fingerprint density at radius 1 is 0.818 bits per heavy atom. The summed E-state index contributed by atoms with van der Waals surface area (Å²) in [6, 6.07) is 31.5. The summed E-state index contributed by atoms with van der Waals surface area (Å²) in [5.41, 5.74) is 1.03. The standard InChI is InChI=1S/C29H36O3Si/c1-22-26(32-28(27(22)30)23-14-8-5-9-15-23)20-21-31-33(29(2,3)4,24-16-10-6-11-17-24)25-18-12-7-13-19-25/h5-19,22,26-28,30H,20-21H2,1-4H3/t22-,26-,27+,28-/m0/s1. The van der Waals surface area contributed by atoms with Crippen molar-refractivity contribution in [1.82, 2.24) is 0 Å². The molecule has 33 heavy (non-hydrogen) atoms. The molecular formula is C29H36O3Si. The van der Waals surface area contributed by atoms with E-state index in [0.717, 1.165) is 12.0 Å². The summed E-state index contributed by atoms with van der Waals surface area (Å²) in [7, 11) is -2.56. The lowest BCUT2D eigenvalue weighted by atomic mass is 9.94. The molecule has 4 atom stereocenters. The molecule has 3 aromatic carbocycles. The largest absolute Gasteiger partial charge is 0.407 e. The summed E-state index contributed by atoms with van der Waals surface area (Å²) >= 11 is 0. The molecule has 1 N–H and O–H groups in total. The maximum Gasteiger partial charge on any atom is 0.261 e. The predicted molar refractivity (Wildman–Crippen MR) is 137 cm³/mol. The third-order valence-electron chi connectivity index (χ3n) is 7.02. The summed E-state index contributed by atoms with van der Waals surface area (Å²) in [5, 5.41) is 13.4. The predicted octanol–water partition coefficient (Wildman–Crippen LogP) is 5.09. The summed E-state index contributed by atoms with van der Waals surface area (Å²) in [4.78, 5) is 0. The van der Waals surface area contributed by atoms with Gasteiger partial charge in [0.1, 0.15) is 6.10 Å². The van der Waals surface area contributed by atoms with E-state index in [-0.39, 0.29) is 23.2 Å². The molecule has 4 rings (SSSR count). The van der Waals surface area contributed by atoms with Gasteiger partial charge in [0.2, 0.25) is 0 Å². The van der Waals surface area contributed by atoms with Gasteiger partial charge in [-0.3, -0.25) is 0 Å². The van der Waals surface area contributed by atoms with E-state index in [2.05, 4.69) is 88.4 Å². The molecule has 3 nitrogen and oxygen atoms in total. The van der Waals surface area contributed by atoms with E-state index in [1.54, 1.807) is 0 Å². The maximum atomic E-state index is 10.9. The Bertz CT molecular complexity index is 962. The van der Waals surface area contributed by atoms with Crippen LogP contribution in [0, 0.1) is 5.92 Å². The molecular weight excluding hydrogens is 424 g/mol. The molecule has 1 aliphatic heterocycles. The van der Waals surface area contributed by atoms with Crippen LogP contribution < -0.4 is 10.4 Å². The minimum absolute atomic E-state index is 0.0385. The second kappa shape index (κ2) is 9.94. The minimum atomic E-state index is -2.56. The van der Waals surface area contributed by atoms with E-state index >= 15 is 0 Å². The Morgan fingerprint density at radius 3 is 1.79 bits per heavy atom. The highest BCUT2D eigenvalue weighted by Crippen LogP contribution is 2.40. The molecule has 1 fully saturated rings. The normalized spacial score (nSPS) is 23.5. The minimum Gasteiger partial charge on any atom is -0.407 e. The van der Waals surface area contributed by atoms with Crippen molar-refractivity contribution in [3.05, 3.63) is 96.6 Å². The first kappa shape index (κ1) is 23.9. The first-order valence-electron chi connectivity index (χ1n) is 12.0. The second-order valence-corrected chi connectivity index (χ2v) is 14.5. The third kappa shape index (κ3) is 4.71. The topological polar surface area (TPSA) is 38.7 Å². The number of benzene rings is 3. The number of hydrogen-bond donors (Lipinski definition) is 1. The highest BCUT2D eigenvalue weighted by molar-refractivity contribution is 6.99. The van der Waals surface area contributed by atoms with Gasteiger partial charge in [0.05, 0.1) is 12.2 Å². The third-order valence-corrected chi connectivity index (χ3v) is 12.1. The van der Waals surface area contributed by atoms with E-state index in [1.165, 1.54) is 10.4 Å². The molecule has 1 aliphatic rings. The van der Waals surface area contributed by atoms with Gasteiger partial charge in [-0.05, 0) is 27.4 Å². The number of rotatable bonds is 7. The van der Waals surface area contributed by atoms with E-state index in [9.17, 15) is 5.11 Å². The molecule has 0 aromatic heterocycles. The average Bonchev–Trinajstić information content (AvgIpc) is 3.11. The maximum absolute atomic E-state index is 10.9. The number of ether oxygens (including phenoxy) is 1. The first-order chi connectivity index (χ1) is 15.8. The molecule has 174 valence electrons. The number of aliphatic hydroxyl groups is 1. The van der Waals surface area contributed by atoms with Crippen molar-refractivity contribution in [3.63, 3.8) is 0 Å². The molecule has 0 radical (unpaired) electrons. The monoisotopic (exact) mass is 460 g/mol. The van der Waals surface area contributed by atoms with Crippen LogP contribution in [0.15, 0.2) is 91.0 Å². The molecule has 0 aliphatic carbocycles. The Hall–Kier alpha value is -2.24. The van der Waals surface area contributed by atoms with Gasteiger partial charge >= 0.3 is 0 Å². The fraction of sp³-hybridized carbons (Fsp3) is 0.379. The Morgan fingerprint density at radius 2 is 1.30 bits per heavy atom. The van der Waals surface area contributed by atoms with Crippen LogP contribution in [0.2, 0.25) is 5.04 Å². The quantitative estimate of drug-likeness (QED) is 0.499. The lowest BCUT2D eigenvalue weighted by Crippen LogP contribution is -2.66. The van der Waals surface area contributed by atoms with Crippen LogP contribution in [0.4, 0.5) is 0 Å². The van der Waals surface area contributed by atoms with Gasteiger partial charge in [0.25, 0.3) is 8.32 Å². The fourth-order valence-electron chi connectivity index (χ4n) is 5.23. The van der Waals surface area contributed by atoms with Gasteiger partial charge in [0, 0.05) is 12.5 Å². The van der Waals surface area contributed by atoms with E-state index in [0.29, 0.717) is 6.61 Å². The molecule has 3 aromatic rings. The Kier molecular flexibility index (Phi) is 7.20. The Balaban J connectivity index is 1.57. The van der Waals surface area contributed by atoms with Crippen molar-refractivity contribution < 1.29 is 14.3 Å².